The summed E-state index contributed by atoms with van der Waals surface area (Å²) in [4.78, 5) is 2.67. The number of piperidine rings is 1. The maximum atomic E-state index is 6.26. The lowest BCUT2D eigenvalue weighted by atomic mass is 9.66. The monoisotopic (exact) mass is 296 g/mol. The summed E-state index contributed by atoms with van der Waals surface area (Å²) in [6.07, 6.45) is 6.78. The van der Waals surface area contributed by atoms with Crippen molar-refractivity contribution in [1.82, 2.24) is 4.90 Å². The quantitative estimate of drug-likeness (QED) is 0.868. The van der Waals surface area contributed by atoms with Crippen LogP contribution in [0.1, 0.15) is 59.8 Å². The maximum absolute atomic E-state index is 6.26. The third-order valence-electron chi connectivity index (χ3n) is 6.38. The molecule has 0 spiro atoms. The summed E-state index contributed by atoms with van der Waals surface area (Å²) in [5.41, 5.74) is 6.93. The molecule has 1 aliphatic heterocycles. The Kier molecular flexibility index (Phi) is 5.38. The third kappa shape index (κ3) is 3.62. The third-order valence-corrected chi connectivity index (χ3v) is 6.38. The van der Waals surface area contributed by atoms with Crippen LogP contribution in [0.2, 0.25) is 0 Å². The van der Waals surface area contributed by atoms with Crippen molar-refractivity contribution in [3.05, 3.63) is 0 Å². The molecule has 3 heteroatoms. The van der Waals surface area contributed by atoms with Crippen LogP contribution in [0.15, 0.2) is 0 Å². The van der Waals surface area contributed by atoms with Gasteiger partial charge in [-0.1, -0.05) is 27.7 Å². The van der Waals surface area contributed by atoms with E-state index in [0.29, 0.717) is 17.4 Å². The number of nitrogens with two attached hydrogens (primary N) is 1. The van der Waals surface area contributed by atoms with E-state index in [-0.39, 0.29) is 5.54 Å². The first-order chi connectivity index (χ1) is 9.82. The molecular weight excluding hydrogens is 260 g/mol. The molecule has 3 nitrogen and oxygen atoms in total. The highest BCUT2D eigenvalue weighted by Gasteiger charge is 2.44. The number of ether oxygens (including phenoxy) is 1. The van der Waals surface area contributed by atoms with Gasteiger partial charge < -0.3 is 10.5 Å². The van der Waals surface area contributed by atoms with Gasteiger partial charge in [-0.3, -0.25) is 4.90 Å². The molecule has 1 aliphatic carbocycles. The van der Waals surface area contributed by atoms with Crippen molar-refractivity contribution in [3.63, 3.8) is 0 Å². The predicted octanol–water partition coefficient (Wildman–Crippen LogP) is 3.28. The maximum Gasteiger partial charge on any atom is 0.0724 e. The molecule has 1 heterocycles. The van der Waals surface area contributed by atoms with E-state index in [1.807, 2.05) is 7.11 Å². The average molecular weight is 296 g/mol. The van der Waals surface area contributed by atoms with E-state index in [4.69, 9.17) is 10.5 Å². The molecule has 0 bridgehead atoms. The number of hydrogen-bond donors (Lipinski definition) is 1. The molecule has 0 amide bonds. The lowest BCUT2D eigenvalue weighted by molar-refractivity contribution is -0.0630. The van der Waals surface area contributed by atoms with Gasteiger partial charge in [-0.15, -0.1) is 0 Å². The predicted molar refractivity (Wildman–Crippen MR) is 89.3 cm³/mol. The van der Waals surface area contributed by atoms with E-state index in [1.165, 1.54) is 38.6 Å². The number of rotatable bonds is 3. The second-order valence-electron chi connectivity index (χ2n) is 8.55. The molecule has 1 saturated carbocycles. The Balaban J connectivity index is 2.03. The highest BCUT2D eigenvalue weighted by atomic mass is 16.5. The zero-order valence-corrected chi connectivity index (χ0v) is 14.8. The number of methoxy groups -OCH3 is 1. The fourth-order valence-electron chi connectivity index (χ4n) is 4.44. The summed E-state index contributed by atoms with van der Waals surface area (Å²) >= 11 is 0. The van der Waals surface area contributed by atoms with Gasteiger partial charge >= 0.3 is 0 Å². The van der Waals surface area contributed by atoms with Crippen LogP contribution in [0.5, 0.6) is 0 Å². The highest BCUT2D eigenvalue weighted by Crippen LogP contribution is 2.44. The minimum Gasteiger partial charge on any atom is -0.380 e. The Labute approximate surface area is 131 Å². The Bertz CT molecular complexity index is 329. The molecule has 1 saturated heterocycles. The SMILES string of the molecule is COC1CN(C2(CN)CCC(C(C)(C)C)CC2)CCC1C. The normalized spacial score (nSPS) is 39.4. The fourth-order valence-corrected chi connectivity index (χ4v) is 4.44. The molecule has 2 atom stereocenters. The Morgan fingerprint density at radius 3 is 2.29 bits per heavy atom. The van der Waals surface area contributed by atoms with E-state index in [9.17, 15) is 0 Å². The summed E-state index contributed by atoms with van der Waals surface area (Å²) in [7, 11) is 1.86. The van der Waals surface area contributed by atoms with Crippen LogP contribution in [0.25, 0.3) is 0 Å². The number of nitrogens with zero attached hydrogens (tertiary/aromatic N) is 1. The Morgan fingerprint density at radius 2 is 1.81 bits per heavy atom. The molecule has 0 aromatic heterocycles. The second kappa shape index (κ2) is 6.55. The smallest absolute Gasteiger partial charge is 0.0724 e. The summed E-state index contributed by atoms with van der Waals surface area (Å²) in [6.45, 7) is 12.5. The lowest BCUT2D eigenvalue weighted by Crippen LogP contribution is -2.61. The van der Waals surface area contributed by atoms with Gasteiger partial charge in [-0.2, -0.15) is 0 Å². The van der Waals surface area contributed by atoms with Crippen LogP contribution in [0.3, 0.4) is 0 Å². The molecule has 2 N–H and O–H groups in total. The Hall–Kier alpha value is -0.120. The highest BCUT2D eigenvalue weighted by molar-refractivity contribution is 4.99. The molecule has 2 fully saturated rings. The van der Waals surface area contributed by atoms with E-state index in [1.54, 1.807) is 0 Å². The van der Waals surface area contributed by atoms with Gasteiger partial charge in [0.05, 0.1) is 6.10 Å². The van der Waals surface area contributed by atoms with Gasteiger partial charge in [-0.25, -0.2) is 0 Å². The first kappa shape index (κ1) is 17.2. The molecule has 0 aromatic carbocycles. The van der Waals surface area contributed by atoms with Crippen LogP contribution < -0.4 is 5.73 Å². The summed E-state index contributed by atoms with van der Waals surface area (Å²) in [5.74, 6) is 1.52. The Morgan fingerprint density at radius 1 is 1.19 bits per heavy atom. The zero-order chi connectivity index (χ0) is 15.7. The molecule has 21 heavy (non-hydrogen) atoms. The van der Waals surface area contributed by atoms with E-state index < -0.39 is 0 Å². The minimum absolute atomic E-state index is 0.235. The first-order valence-electron chi connectivity index (χ1n) is 8.80. The average Bonchev–Trinajstić information content (AvgIpc) is 2.46. The zero-order valence-electron chi connectivity index (χ0n) is 14.8. The summed E-state index contributed by atoms with van der Waals surface area (Å²) in [5, 5.41) is 0. The molecular formula is C18H36N2O. The summed E-state index contributed by atoms with van der Waals surface area (Å²) < 4.78 is 5.71. The number of hydrogen-bond acceptors (Lipinski definition) is 3. The second-order valence-corrected chi connectivity index (χ2v) is 8.55. The van der Waals surface area contributed by atoms with Gasteiger partial charge in [-0.05, 0) is 55.9 Å². The van der Waals surface area contributed by atoms with E-state index >= 15 is 0 Å². The van der Waals surface area contributed by atoms with Crippen molar-refractivity contribution in [2.45, 2.75) is 71.4 Å². The molecule has 0 radical (unpaired) electrons. The first-order valence-corrected chi connectivity index (χ1v) is 8.80. The van der Waals surface area contributed by atoms with Crippen molar-refractivity contribution in [2.24, 2.45) is 23.0 Å². The standard InChI is InChI=1S/C18H36N2O/c1-14-8-11-20(12-16(14)21-5)18(13-19)9-6-15(7-10-18)17(2,3)4/h14-16H,6-13,19H2,1-5H3. The summed E-state index contributed by atoms with van der Waals surface area (Å²) in [6, 6.07) is 0. The van der Waals surface area contributed by atoms with Crippen LogP contribution in [-0.2, 0) is 4.74 Å². The number of likely N-dealkylation sites (tertiary alicyclic amines) is 1. The van der Waals surface area contributed by atoms with E-state index in [0.717, 1.165) is 19.0 Å². The molecule has 2 aliphatic rings. The molecule has 124 valence electrons. The van der Waals surface area contributed by atoms with Crippen LogP contribution >= 0.6 is 0 Å². The van der Waals surface area contributed by atoms with Gasteiger partial charge in [0.2, 0.25) is 0 Å². The largest absolute Gasteiger partial charge is 0.380 e. The van der Waals surface area contributed by atoms with Crippen molar-refractivity contribution >= 4 is 0 Å². The molecule has 2 unspecified atom stereocenters. The van der Waals surface area contributed by atoms with Gasteiger partial charge in [0.15, 0.2) is 0 Å². The van der Waals surface area contributed by atoms with Crippen LogP contribution in [0.4, 0.5) is 0 Å². The van der Waals surface area contributed by atoms with Crippen molar-refractivity contribution < 1.29 is 4.74 Å². The van der Waals surface area contributed by atoms with E-state index in [2.05, 4.69) is 32.6 Å². The van der Waals surface area contributed by atoms with Crippen molar-refractivity contribution in [2.75, 3.05) is 26.7 Å². The van der Waals surface area contributed by atoms with Gasteiger partial charge in [0, 0.05) is 25.7 Å². The van der Waals surface area contributed by atoms with Crippen LogP contribution in [0, 0.1) is 17.3 Å². The van der Waals surface area contributed by atoms with Crippen LogP contribution in [-0.4, -0.2) is 43.3 Å². The van der Waals surface area contributed by atoms with Crippen molar-refractivity contribution in [3.8, 4) is 0 Å². The molecule has 0 aromatic rings. The lowest BCUT2D eigenvalue weighted by Gasteiger charge is -2.52. The van der Waals surface area contributed by atoms with Crippen molar-refractivity contribution in [1.29, 1.82) is 0 Å². The molecule has 2 rings (SSSR count). The minimum atomic E-state index is 0.235. The van der Waals surface area contributed by atoms with Gasteiger partial charge in [0.1, 0.15) is 0 Å². The fraction of sp³-hybridized carbons (Fsp3) is 1.00. The topological polar surface area (TPSA) is 38.5 Å². The van der Waals surface area contributed by atoms with Gasteiger partial charge in [0.25, 0.3) is 0 Å².